The predicted octanol–water partition coefficient (Wildman–Crippen LogP) is 2.24. The van der Waals surface area contributed by atoms with Gasteiger partial charge in [0.1, 0.15) is 0 Å². The van der Waals surface area contributed by atoms with E-state index in [2.05, 4.69) is 44.2 Å². The van der Waals surface area contributed by atoms with Gasteiger partial charge in [-0.05, 0) is 24.7 Å². The summed E-state index contributed by atoms with van der Waals surface area (Å²) >= 11 is 0. The molecule has 4 heteroatoms. The van der Waals surface area contributed by atoms with Crippen LogP contribution in [0.5, 0.6) is 0 Å². The Morgan fingerprint density at radius 2 is 2.05 bits per heavy atom. The lowest BCUT2D eigenvalue weighted by molar-refractivity contribution is 0.774. The van der Waals surface area contributed by atoms with Crippen LogP contribution >= 0.6 is 0 Å². The van der Waals surface area contributed by atoms with Crippen LogP contribution in [0, 0.1) is 0 Å². The summed E-state index contributed by atoms with van der Waals surface area (Å²) in [6, 6.07) is 10.3. The van der Waals surface area contributed by atoms with Crippen molar-refractivity contribution < 1.29 is 0 Å². The van der Waals surface area contributed by atoms with Crippen molar-refractivity contribution >= 4 is 10.9 Å². The van der Waals surface area contributed by atoms with E-state index in [1.807, 2.05) is 31.7 Å². The minimum atomic E-state index is 0.829. The fourth-order valence-corrected chi connectivity index (χ4v) is 2.36. The summed E-state index contributed by atoms with van der Waals surface area (Å²) < 4.78 is 2.13. The van der Waals surface area contributed by atoms with Crippen molar-refractivity contribution in [3.8, 4) is 0 Å². The van der Waals surface area contributed by atoms with Gasteiger partial charge in [0.25, 0.3) is 0 Å². The second-order valence-electron chi connectivity index (χ2n) is 4.88. The summed E-state index contributed by atoms with van der Waals surface area (Å²) in [5.74, 6) is 0. The van der Waals surface area contributed by atoms with Crippen LogP contribution in [0.2, 0.25) is 0 Å². The molecule has 0 fully saturated rings. The number of imidazole rings is 1. The van der Waals surface area contributed by atoms with Crippen LogP contribution in [0.3, 0.4) is 0 Å². The van der Waals surface area contributed by atoms with E-state index >= 15 is 0 Å². The summed E-state index contributed by atoms with van der Waals surface area (Å²) in [5, 5.41) is 4.35. The molecule has 0 saturated heterocycles. The first kappa shape index (κ1) is 12.8. The summed E-state index contributed by atoms with van der Waals surface area (Å²) in [6.07, 6.45) is 6.85. The lowest BCUT2D eigenvalue weighted by atomic mass is 10.1. The van der Waals surface area contributed by atoms with Crippen LogP contribution in [0.15, 0.2) is 49.1 Å². The van der Waals surface area contributed by atoms with Gasteiger partial charge < -0.3 is 9.88 Å². The molecule has 0 aliphatic rings. The molecule has 2 heterocycles. The highest BCUT2D eigenvalue weighted by atomic mass is 15.0. The molecule has 3 aromatic rings. The summed E-state index contributed by atoms with van der Waals surface area (Å²) in [5.41, 5.74) is 3.44. The van der Waals surface area contributed by atoms with Gasteiger partial charge in [0.05, 0.1) is 17.5 Å². The number of fused-ring (bicyclic) bond motifs is 1. The number of likely N-dealkylation sites (N-methyl/N-ethyl adjacent to an activating group) is 1. The Labute approximate surface area is 118 Å². The topological polar surface area (TPSA) is 42.7 Å². The highest BCUT2D eigenvalue weighted by Crippen LogP contribution is 2.17. The Balaban J connectivity index is 1.84. The molecule has 0 unspecified atom stereocenters. The quantitative estimate of drug-likeness (QED) is 0.770. The maximum absolute atomic E-state index is 4.44. The van der Waals surface area contributed by atoms with Crippen molar-refractivity contribution in [2.24, 2.45) is 0 Å². The number of aromatic nitrogens is 3. The highest BCUT2D eigenvalue weighted by molar-refractivity contribution is 5.81. The van der Waals surface area contributed by atoms with Crippen molar-refractivity contribution in [1.82, 2.24) is 19.9 Å². The van der Waals surface area contributed by atoms with Crippen LogP contribution in [0.1, 0.15) is 11.3 Å². The number of benzene rings is 1. The van der Waals surface area contributed by atoms with E-state index in [4.69, 9.17) is 0 Å². The standard InChI is InChI=1S/C16H18N4/c1-17-8-7-14-11-20(12-19-14)10-13-6-9-18-16-5-3-2-4-15(13)16/h2-6,9,11-12,17H,7-8,10H2,1H3. The number of para-hydroxylation sites is 1. The van der Waals surface area contributed by atoms with Crippen molar-refractivity contribution in [3.63, 3.8) is 0 Å². The van der Waals surface area contributed by atoms with Crippen LogP contribution in [-0.2, 0) is 13.0 Å². The number of nitrogens with one attached hydrogen (secondary N) is 1. The molecule has 2 aromatic heterocycles. The van der Waals surface area contributed by atoms with E-state index in [1.165, 1.54) is 10.9 Å². The van der Waals surface area contributed by atoms with Crippen LogP contribution in [0.25, 0.3) is 10.9 Å². The number of rotatable bonds is 5. The predicted molar refractivity (Wildman–Crippen MR) is 80.7 cm³/mol. The van der Waals surface area contributed by atoms with Crippen molar-refractivity contribution in [3.05, 3.63) is 60.3 Å². The van der Waals surface area contributed by atoms with Crippen LogP contribution < -0.4 is 5.32 Å². The molecule has 0 spiro atoms. The van der Waals surface area contributed by atoms with Gasteiger partial charge in [0.2, 0.25) is 0 Å². The Hall–Kier alpha value is -2.20. The molecule has 0 bridgehead atoms. The minimum absolute atomic E-state index is 0.829. The molecule has 0 radical (unpaired) electrons. The van der Waals surface area contributed by atoms with E-state index in [1.54, 1.807) is 0 Å². The van der Waals surface area contributed by atoms with E-state index in [0.717, 1.165) is 30.7 Å². The molecule has 0 atom stereocenters. The Kier molecular flexibility index (Phi) is 3.74. The third kappa shape index (κ3) is 2.70. The van der Waals surface area contributed by atoms with Gasteiger partial charge in [-0.15, -0.1) is 0 Å². The molecular weight excluding hydrogens is 248 g/mol. The SMILES string of the molecule is CNCCc1cn(Cc2ccnc3ccccc23)cn1. The van der Waals surface area contributed by atoms with Crippen LogP contribution in [0.4, 0.5) is 0 Å². The first-order chi connectivity index (χ1) is 9.86. The molecule has 1 aromatic carbocycles. The number of hydrogen-bond acceptors (Lipinski definition) is 3. The largest absolute Gasteiger partial charge is 0.333 e. The van der Waals surface area contributed by atoms with E-state index in [9.17, 15) is 0 Å². The van der Waals surface area contributed by atoms with Crippen molar-refractivity contribution in [2.75, 3.05) is 13.6 Å². The normalized spacial score (nSPS) is 11.1. The fourth-order valence-electron chi connectivity index (χ4n) is 2.36. The Morgan fingerprint density at radius 3 is 2.95 bits per heavy atom. The summed E-state index contributed by atoms with van der Waals surface area (Å²) in [7, 11) is 1.96. The van der Waals surface area contributed by atoms with E-state index in [0.29, 0.717) is 0 Å². The monoisotopic (exact) mass is 266 g/mol. The van der Waals surface area contributed by atoms with Gasteiger partial charge in [0.15, 0.2) is 0 Å². The molecule has 0 aliphatic carbocycles. The highest BCUT2D eigenvalue weighted by Gasteiger charge is 2.03. The molecule has 1 N–H and O–H groups in total. The van der Waals surface area contributed by atoms with Gasteiger partial charge in [-0.2, -0.15) is 0 Å². The van der Waals surface area contributed by atoms with Gasteiger partial charge in [-0.3, -0.25) is 4.98 Å². The number of hydrogen-bond donors (Lipinski definition) is 1. The van der Waals surface area contributed by atoms with Gasteiger partial charge >= 0.3 is 0 Å². The maximum atomic E-state index is 4.44. The fraction of sp³-hybridized carbons (Fsp3) is 0.250. The second kappa shape index (κ2) is 5.84. The van der Waals surface area contributed by atoms with Gasteiger partial charge in [-0.25, -0.2) is 4.98 Å². The lowest BCUT2D eigenvalue weighted by Gasteiger charge is -2.06. The smallest absolute Gasteiger partial charge is 0.0952 e. The van der Waals surface area contributed by atoms with Gasteiger partial charge in [-0.1, -0.05) is 18.2 Å². The summed E-state index contributed by atoms with van der Waals surface area (Å²) in [6.45, 7) is 1.78. The molecule has 4 nitrogen and oxygen atoms in total. The molecule has 0 aliphatic heterocycles. The van der Waals surface area contributed by atoms with Crippen molar-refractivity contribution in [2.45, 2.75) is 13.0 Å². The summed E-state index contributed by atoms with van der Waals surface area (Å²) in [4.78, 5) is 8.83. The minimum Gasteiger partial charge on any atom is -0.333 e. The molecule has 0 amide bonds. The molecule has 102 valence electrons. The van der Waals surface area contributed by atoms with E-state index in [-0.39, 0.29) is 0 Å². The number of nitrogens with zero attached hydrogens (tertiary/aromatic N) is 3. The average Bonchev–Trinajstić information content (AvgIpc) is 2.93. The van der Waals surface area contributed by atoms with Crippen molar-refractivity contribution in [1.29, 1.82) is 0 Å². The third-order valence-electron chi connectivity index (χ3n) is 3.41. The zero-order valence-corrected chi connectivity index (χ0v) is 11.6. The Bertz CT molecular complexity index is 697. The zero-order valence-electron chi connectivity index (χ0n) is 11.6. The average molecular weight is 266 g/mol. The molecule has 20 heavy (non-hydrogen) atoms. The molecule has 3 rings (SSSR count). The Morgan fingerprint density at radius 1 is 1.15 bits per heavy atom. The second-order valence-corrected chi connectivity index (χ2v) is 4.88. The first-order valence-electron chi connectivity index (χ1n) is 6.84. The third-order valence-corrected chi connectivity index (χ3v) is 3.41. The lowest BCUT2D eigenvalue weighted by Crippen LogP contribution is -2.10. The maximum Gasteiger partial charge on any atom is 0.0952 e. The molecule has 0 saturated carbocycles. The van der Waals surface area contributed by atoms with Gasteiger partial charge in [0, 0.05) is 37.3 Å². The first-order valence-corrected chi connectivity index (χ1v) is 6.84. The zero-order chi connectivity index (χ0) is 13.8. The number of pyridine rings is 1. The van der Waals surface area contributed by atoms with E-state index < -0.39 is 0 Å². The molecular formula is C16H18N4. The van der Waals surface area contributed by atoms with Crippen LogP contribution in [-0.4, -0.2) is 28.1 Å².